The first-order chi connectivity index (χ1) is 52.0. The SMILES string of the molecule is CC(C)NC(=O)N1Cc2cc(C(N)=O)nc(-c3cccc(-c4cc5ccccc5o4)c3)c2[C@H]1CCO[Si](c1ccccc1)(c1ccccc1)C(C)(C)C.CCOC(=O)c1cc2c(c(-c3cccc(-c4cc5ccccc5o4)c3)n1)[C@@H](CCO[Si](c1ccccc1)(c1ccccc1)C(C)(C)C)N(C(=O)NC(C)C)C2. The summed E-state index contributed by atoms with van der Waals surface area (Å²) < 4.78 is 32.6. The first kappa shape index (κ1) is 75.2. The van der Waals surface area contributed by atoms with Gasteiger partial charge in [0.2, 0.25) is 0 Å². The van der Waals surface area contributed by atoms with Crippen LogP contribution in [0.25, 0.3) is 67.1 Å². The average Bonchev–Trinajstić information content (AvgIpc) is 1.55. The lowest BCUT2D eigenvalue weighted by Crippen LogP contribution is -2.66. The van der Waals surface area contributed by atoms with E-state index in [0.717, 1.165) is 78.0 Å². The first-order valence-electron chi connectivity index (χ1n) is 37.3. The van der Waals surface area contributed by atoms with Crippen LogP contribution in [-0.4, -0.2) is 92.2 Å². The number of primary amides is 1. The van der Waals surface area contributed by atoms with Crippen LogP contribution in [0.1, 0.15) is 144 Å². The number of ether oxygens (including phenoxy) is 1. The summed E-state index contributed by atoms with van der Waals surface area (Å²) in [7, 11) is -5.72. The number of aromatic nitrogens is 2. The van der Waals surface area contributed by atoms with Crippen LogP contribution in [-0.2, 0) is 26.7 Å². The standard InChI is InChI=1S/C46H49N3O5Si.C44H46N4O4Si/c1-7-52-44(50)38-28-35-30-49(45(51)47-31(2)3)39(25-26-53-55(46(4,5)6,36-20-10-8-11-21-36)37-22-12-9-13-23-37)42(35)43(48-38)34-19-16-18-32(27-34)41-29-33-17-14-15-24-40(33)54-41;1-29(2)46-43(50)48-28-33-26-36(42(45)49)47-41(32-17-14-16-30(25-32)39-27-31-15-12-13-22-38(31)52-39)40(33)37(48)23-24-51-53(44(3,4)5,34-18-8-6-9-19-34)35-20-10-7-11-21-35/h8-24,27-29,31,39H,7,25-26,30H2,1-6H3,(H,47,51);6-22,25-27,29,37H,23-24,28H2,1-5H3,(H2,45,49)(H,46,50)/t39-;37-/m11/s1. The fourth-order valence-electron chi connectivity index (χ4n) is 15.7. The van der Waals surface area contributed by atoms with E-state index in [-0.39, 0.29) is 64.3 Å². The second kappa shape index (κ2) is 31.8. The van der Waals surface area contributed by atoms with Crippen molar-refractivity contribution in [3.63, 3.8) is 0 Å². The molecule has 0 radical (unpaired) electrons. The van der Waals surface area contributed by atoms with Gasteiger partial charge >= 0.3 is 18.0 Å². The summed E-state index contributed by atoms with van der Waals surface area (Å²) in [5.41, 5.74) is 15.9. The summed E-state index contributed by atoms with van der Waals surface area (Å²) in [6.07, 6.45) is 1.02. The van der Waals surface area contributed by atoms with Crippen molar-refractivity contribution in [2.75, 3.05) is 19.8 Å². The first-order valence-corrected chi connectivity index (χ1v) is 41.2. The van der Waals surface area contributed by atoms with Crippen molar-refractivity contribution in [2.45, 2.75) is 136 Å². The van der Waals surface area contributed by atoms with Crippen LogP contribution in [0.15, 0.2) is 251 Å². The van der Waals surface area contributed by atoms with Crippen molar-refractivity contribution in [1.29, 1.82) is 0 Å². The number of carbonyl (C=O) groups excluding carboxylic acids is 4. The number of pyridine rings is 2. The summed E-state index contributed by atoms with van der Waals surface area (Å²) in [6, 6.07) is 80.4. The lowest BCUT2D eigenvalue weighted by Gasteiger charge is -2.43. The van der Waals surface area contributed by atoms with Crippen molar-refractivity contribution >= 4 is 83.3 Å². The molecule has 552 valence electrons. The van der Waals surface area contributed by atoms with Crippen molar-refractivity contribution < 1.29 is 41.6 Å². The summed E-state index contributed by atoms with van der Waals surface area (Å²) >= 11 is 0. The summed E-state index contributed by atoms with van der Waals surface area (Å²) in [6.45, 7) is 24.8. The van der Waals surface area contributed by atoms with Gasteiger partial charge in [-0.25, -0.2) is 24.4 Å². The molecule has 14 rings (SSSR count). The van der Waals surface area contributed by atoms with E-state index in [0.29, 0.717) is 50.5 Å². The number of urea groups is 2. The Morgan fingerprint density at radius 1 is 0.472 bits per heavy atom. The predicted octanol–water partition coefficient (Wildman–Crippen LogP) is 17.5. The van der Waals surface area contributed by atoms with Crippen LogP contribution < -0.4 is 37.1 Å². The Morgan fingerprint density at radius 3 is 1.18 bits per heavy atom. The van der Waals surface area contributed by atoms with Crippen molar-refractivity contribution in [1.82, 2.24) is 30.4 Å². The second-order valence-corrected chi connectivity index (χ2v) is 39.1. The molecular weight excluding hydrogens is 1380 g/mol. The zero-order valence-corrected chi connectivity index (χ0v) is 65.4. The molecule has 0 fully saturated rings. The molecule has 6 heterocycles. The topological polar surface area (TPSA) is 205 Å². The number of nitrogens with two attached hydrogens (primary N) is 1. The zero-order valence-electron chi connectivity index (χ0n) is 63.4. The number of nitrogens with one attached hydrogen (secondary N) is 2. The van der Waals surface area contributed by atoms with Crippen molar-refractivity contribution in [2.24, 2.45) is 5.73 Å². The highest BCUT2D eigenvalue weighted by Gasteiger charge is 2.52. The second-order valence-electron chi connectivity index (χ2n) is 30.5. The number of amides is 5. The zero-order chi connectivity index (χ0) is 76.1. The highest BCUT2D eigenvalue weighted by Crippen LogP contribution is 2.47. The fraction of sp³-hybridized carbons (Fsp3) is 0.267. The van der Waals surface area contributed by atoms with Gasteiger partial charge in [0.25, 0.3) is 22.5 Å². The summed E-state index contributed by atoms with van der Waals surface area (Å²) in [5, 5.41) is 12.6. The van der Waals surface area contributed by atoms with Crippen LogP contribution in [0.3, 0.4) is 0 Å². The Morgan fingerprint density at radius 2 is 0.824 bits per heavy atom. The van der Waals surface area contributed by atoms with Gasteiger partial charge in [-0.05, 0) is 138 Å². The van der Waals surface area contributed by atoms with E-state index in [1.165, 1.54) is 20.7 Å². The van der Waals surface area contributed by atoms with E-state index in [4.69, 9.17) is 38.1 Å². The predicted molar refractivity (Wildman–Crippen MR) is 435 cm³/mol. The van der Waals surface area contributed by atoms with Gasteiger partial charge in [0.1, 0.15) is 34.1 Å². The molecule has 4 aromatic heterocycles. The van der Waals surface area contributed by atoms with Gasteiger partial charge in [-0.3, -0.25) is 4.79 Å². The van der Waals surface area contributed by atoms with Gasteiger partial charge in [-0.1, -0.05) is 236 Å². The fourth-order valence-corrected chi connectivity index (χ4v) is 24.9. The number of nitrogens with zero attached hydrogens (tertiary/aromatic N) is 4. The van der Waals surface area contributed by atoms with Gasteiger partial charge in [0.05, 0.1) is 30.1 Å². The average molecular weight is 1470 g/mol. The molecule has 0 aliphatic carbocycles. The molecule has 12 aromatic rings. The van der Waals surface area contributed by atoms with Crippen LogP contribution in [0.2, 0.25) is 10.1 Å². The van der Waals surface area contributed by atoms with Crippen LogP contribution in [0.4, 0.5) is 9.59 Å². The van der Waals surface area contributed by atoms with Crippen LogP contribution in [0, 0.1) is 0 Å². The molecule has 2 aliphatic rings. The third kappa shape index (κ3) is 15.3. The monoisotopic (exact) mass is 1470 g/mol. The molecule has 0 saturated heterocycles. The molecule has 0 saturated carbocycles. The Bertz CT molecular complexity index is 5060. The number of rotatable bonds is 21. The largest absolute Gasteiger partial charge is 0.461 e. The highest BCUT2D eigenvalue weighted by atomic mass is 28.4. The van der Waals surface area contributed by atoms with Crippen molar-refractivity contribution in [3.8, 4) is 45.2 Å². The number of carbonyl (C=O) groups is 4. The maximum absolute atomic E-state index is 14.0. The van der Waals surface area contributed by atoms with Gasteiger partial charge in [0, 0.05) is 82.5 Å². The molecule has 0 unspecified atom stereocenters. The Hall–Kier alpha value is -11.0. The van der Waals surface area contributed by atoms with E-state index in [9.17, 15) is 19.2 Å². The van der Waals surface area contributed by atoms with E-state index in [1.807, 2.05) is 171 Å². The van der Waals surface area contributed by atoms with Crippen molar-refractivity contribution in [3.05, 3.63) is 276 Å². The number of hydrogen-bond donors (Lipinski definition) is 3. The maximum atomic E-state index is 14.0. The van der Waals surface area contributed by atoms with Crippen LogP contribution >= 0.6 is 0 Å². The maximum Gasteiger partial charge on any atom is 0.356 e. The minimum absolute atomic E-state index is 0.0699. The number of benzene rings is 8. The number of furan rings is 2. The Labute approximate surface area is 635 Å². The third-order valence-electron chi connectivity index (χ3n) is 20.4. The van der Waals surface area contributed by atoms with Crippen LogP contribution in [0.5, 0.6) is 0 Å². The Balaban J connectivity index is 0.000000191. The molecule has 5 amide bonds. The minimum atomic E-state index is -2.86. The van der Waals surface area contributed by atoms with E-state index < -0.39 is 28.5 Å². The molecule has 0 spiro atoms. The number of esters is 1. The molecule has 16 nitrogen and oxygen atoms in total. The van der Waals surface area contributed by atoms with Gasteiger partial charge in [-0.2, -0.15) is 0 Å². The van der Waals surface area contributed by atoms with E-state index in [1.54, 1.807) is 19.1 Å². The summed E-state index contributed by atoms with van der Waals surface area (Å²) in [4.78, 5) is 67.6. The normalized spacial score (nSPS) is 14.4. The van der Waals surface area contributed by atoms with Gasteiger partial charge in [-0.15, -0.1) is 0 Å². The molecule has 8 aromatic carbocycles. The number of para-hydroxylation sites is 2. The van der Waals surface area contributed by atoms with E-state index in [2.05, 4.69) is 149 Å². The smallest absolute Gasteiger partial charge is 0.356 e. The molecule has 18 heteroatoms. The number of hydrogen-bond acceptors (Lipinski definition) is 11. The van der Waals surface area contributed by atoms with Gasteiger partial charge in [0.15, 0.2) is 0 Å². The third-order valence-corrected chi connectivity index (χ3v) is 30.5. The van der Waals surface area contributed by atoms with E-state index >= 15 is 0 Å². The Kier molecular flexibility index (Phi) is 22.2. The molecular formula is C90H95N7O9Si2. The highest BCUT2D eigenvalue weighted by molar-refractivity contribution is 7.00. The lowest BCUT2D eigenvalue weighted by atomic mass is 9.94. The lowest BCUT2D eigenvalue weighted by molar-refractivity contribution is 0.0519. The molecule has 4 N–H and O–H groups in total. The van der Waals surface area contributed by atoms with Gasteiger partial charge < -0.3 is 48.6 Å². The minimum Gasteiger partial charge on any atom is -0.461 e. The summed E-state index contributed by atoms with van der Waals surface area (Å²) in [5.74, 6) is 0.328. The quantitative estimate of drug-likeness (QED) is 0.0456. The molecule has 108 heavy (non-hydrogen) atoms. The number of fused-ring (bicyclic) bond motifs is 4. The molecule has 0 bridgehead atoms. The molecule has 2 aliphatic heterocycles. The molecule has 2 atom stereocenters.